The van der Waals surface area contributed by atoms with E-state index in [1.807, 2.05) is 21.0 Å². The molecule has 0 aliphatic carbocycles. The van der Waals surface area contributed by atoms with Gasteiger partial charge in [-0.05, 0) is 19.1 Å². The zero-order valence-electron chi connectivity index (χ0n) is 13.7. The molecule has 2 amide bonds. The number of halogens is 1. The summed E-state index contributed by atoms with van der Waals surface area (Å²) in [5.74, 6) is 0.327. The van der Waals surface area contributed by atoms with Crippen molar-refractivity contribution in [2.45, 2.75) is 6.92 Å². The van der Waals surface area contributed by atoms with E-state index in [1.54, 1.807) is 38.4 Å². The third kappa shape index (κ3) is 6.91. The van der Waals surface area contributed by atoms with E-state index >= 15 is 0 Å². The Morgan fingerprint density at radius 1 is 1.27 bits per heavy atom. The molecule has 0 radical (unpaired) electrons. The Balaban J connectivity index is 0.00000441. The molecule has 1 rings (SSSR count). The second kappa shape index (κ2) is 8.75. The molecule has 0 saturated carbocycles. The molecule has 0 fully saturated rings. The normalized spacial score (nSPS) is 10.4. The number of nitrogens with one attached hydrogen (secondary N) is 1. The van der Waals surface area contributed by atoms with Gasteiger partial charge in [0.2, 0.25) is 0 Å². The van der Waals surface area contributed by atoms with Gasteiger partial charge in [0.15, 0.2) is 6.54 Å². The lowest BCUT2D eigenvalue weighted by atomic mass is 10.3. The Labute approximate surface area is 142 Å². The average Bonchev–Trinajstić information content (AvgIpc) is 2.38. The number of benzene rings is 1. The van der Waals surface area contributed by atoms with E-state index in [9.17, 15) is 9.59 Å². The number of quaternary nitrogens is 1. The van der Waals surface area contributed by atoms with Gasteiger partial charge in [-0.1, -0.05) is 6.07 Å². The van der Waals surface area contributed by atoms with Crippen molar-refractivity contribution in [1.82, 2.24) is 4.90 Å². The number of carbonyl (C=O) groups excluding carboxylic acids is 2. The molecule has 0 aliphatic heterocycles. The van der Waals surface area contributed by atoms with Crippen LogP contribution in [0.3, 0.4) is 0 Å². The SMILES string of the molecule is CC[N+](C)(C)CC(=O)Nc1cccc(OC(=O)N(C)C)c1.[Br-]. The highest BCUT2D eigenvalue weighted by Gasteiger charge is 2.17. The van der Waals surface area contributed by atoms with Crippen molar-refractivity contribution >= 4 is 17.7 Å². The van der Waals surface area contributed by atoms with Crippen molar-refractivity contribution in [3.05, 3.63) is 24.3 Å². The van der Waals surface area contributed by atoms with E-state index in [-0.39, 0.29) is 22.9 Å². The number of nitrogens with zero attached hydrogens (tertiary/aromatic N) is 2. The lowest BCUT2D eigenvalue weighted by Gasteiger charge is -2.27. The summed E-state index contributed by atoms with van der Waals surface area (Å²) in [6.07, 6.45) is -0.456. The molecule has 124 valence electrons. The third-order valence-corrected chi connectivity index (χ3v) is 3.12. The fourth-order valence-electron chi connectivity index (χ4n) is 1.53. The van der Waals surface area contributed by atoms with Crippen LogP contribution in [0.15, 0.2) is 24.3 Å². The van der Waals surface area contributed by atoms with Crippen LogP contribution in [-0.4, -0.2) is 62.7 Å². The van der Waals surface area contributed by atoms with E-state index in [0.717, 1.165) is 6.54 Å². The fraction of sp³-hybridized carbons (Fsp3) is 0.467. The lowest BCUT2D eigenvalue weighted by Crippen LogP contribution is -3.00. The highest BCUT2D eigenvalue weighted by molar-refractivity contribution is 5.91. The first-order chi connectivity index (χ1) is 9.73. The lowest BCUT2D eigenvalue weighted by molar-refractivity contribution is -0.880. The smallest absolute Gasteiger partial charge is 0.414 e. The summed E-state index contributed by atoms with van der Waals surface area (Å²) in [4.78, 5) is 24.8. The molecule has 1 aromatic rings. The number of rotatable bonds is 5. The van der Waals surface area contributed by atoms with Crippen LogP contribution >= 0.6 is 0 Å². The standard InChI is InChI=1S/C15H23N3O3.BrH/c1-6-18(4,5)11-14(19)16-12-8-7-9-13(10-12)21-15(20)17(2)3;/h7-10H,6,11H2,1-5H3;1H. The zero-order valence-corrected chi connectivity index (χ0v) is 15.3. The Morgan fingerprint density at radius 2 is 1.91 bits per heavy atom. The largest absolute Gasteiger partial charge is 1.00 e. The van der Waals surface area contributed by atoms with Crippen LogP contribution in [0.25, 0.3) is 0 Å². The number of carbonyl (C=O) groups is 2. The van der Waals surface area contributed by atoms with E-state index in [4.69, 9.17) is 4.74 Å². The summed E-state index contributed by atoms with van der Waals surface area (Å²) >= 11 is 0. The van der Waals surface area contributed by atoms with Crippen LogP contribution in [0.5, 0.6) is 5.75 Å². The second-order valence-corrected chi connectivity index (χ2v) is 5.75. The molecule has 0 aromatic heterocycles. The van der Waals surface area contributed by atoms with Gasteiger partial charge in [-0.15, -0.1) is 0 Å². The average molecular weight is 374 g/mol. The van der Waals surface area contributed by atoms with Crippen molar-refractivity contribution in [3.8, 4) is 5.75 Å². The summed E-state index contributed by atoms with van der Waals surface area (Å²) in [5, 5.41) is 2.82. The molecule has 1 aromatic carbocycles. The minimum atomic E-state index is -0.456. The maximum Gasteiger partial charge on any atom is 0.414 e. The quantitative estimate of drug-likeness (QED) is 0.658. The first-order valence-electron chi connectivity index (χ1n) is 6.84. The number of anilines is 1. The monoisotopic (exact) mass is 373 g/mol. The highest BCUT2D eigenvalue weighted by atomic mass is 79.9. The molecular formula is C15H24BrN3O3. The molecule has 22 heavy (non-hydrogen) atoms. The molecule has 0 aliphatic rings. The summed E-state index contributed by atoms with van der Waals surface area (Å²) in [5.41, 5.74) is 0.611. The molecule has 7 heteroatoms. The molecule has 6 nitrogen and oxygen atoms in total. The Bertz CT molecular complexity index is 519. The molecular weight excluding hydrogens is 350 g/mol. The van der Waals surface area contributed by atoms with Gasteiger partial charge in [-0.2, -0.15) is 0 Å². The van der Waals surface area contributed by atoms with Gasteiger partial charge in [0.25, 0.3) is 5.91 Å². The number of amides is 2. The van der Waals surface area contributed by atoms with Crippen LogP contribution in [0.4, 0.5) is 10.5 Å². The fourth-order valence-corrected chi connectivity index (χ4v) is 1.53. The predicted molar refractivity (Wildman–Crippen MR) is 82.3 cm³/mol. The van der Waals surface area contributed by atoms with E-state index < -0.39 is 6.09 Å². The third-order valence-electron chi connectivity index (χ3n) is 3.12. The molecule has 0 bridgehead atoms. The van der Waals surface area contributed by atoms with Gasteiger partial charge in [-0.25, -0.2) is 4.79 Å². The van der Waals surface area contributed by atoms with Gasteiger partial charge in [-0.3, -0.25) is 4.79 Å². The van der Waals surface area contributed by atoms with Gasteiger partial charge in [0.05, 0.1) is 20.6 Å². The predicted octanol–water partition coefficient (Wildman–Crippen LogP) is -1.21. The van der Waals surface area contributed by atoms with Crippen LogP contribution < -0.4 is 27.0 Å². The highest BCUT2D eigenvalue weighted by Crippen LogP contribution is 2.18. The van der Waals surface area contributed by atoms with Crippen molar-refractivity contribution in [2.75, 3.05) is 46.6 Å². The van der Waals surface area contributed by atoms with Crippen molar-refractivity contribution in [1.29, 1.82) is 0 Å². The van der Waals surface area contributed by atoms with Crippen molar-refractivity contribution in [3.63, 3.8) is 0 Å². The van der Waals surface area contributed by atoms with Crippen molar-refractivity contribution in [2.24, 2.45) is 0 Å². The molecule has 0 heterocycles. The van der Waals surface area contributed by atoms with E-state index in [1.165, 1.54) is 4.90 Å². The maximum absolute atomic E-state index is 12.0. The maximum atomic E-state index is 12.0. The van der Waals surface area contributed by atoms with Gasteiger partial charge >= 0.3 is 6.09 Å². The van der Waals surface area contributed by atoms with Gasteiger partial charge < -0.3 is 36.4 Å². The molecule has 0 unspecified atom stereocenters. The van der Waals surface area contributed by atoms with Crippen LogP contribution in [0, 0.1) is 0 Å². The van der Waals surface area contributed by atoms with E-state index in [0.29, 0.717) is 22.5 Å². The Hall–Kier alpha value is -1.60. The first kappa shape index (κ1) is 20.4. The molecule has 0 atom stereocenters. The molecule has 1 N–H and O–H groups in total. The first-order valence-corrected chi connectivity index (χ1v) is 6.84. The van der Waals surface area contributed by atoms with Crippen LogP contribution in [0.2, 0.25) is 0 Å². The summed E-state index contributed by atoms with van der Waals surface area (Å²) in [6, 6.07) is 6.79. The second-order valence-electron chi connectivity index (χ2n) is 5.75. The molecule has 0 saturated heterocycles. The molecule has 0 spiro atoms. The summed E-state index contributed by atoms with van der Waals surface area (Å²) in [7, 11) is 7.21. The number of likely N-dealkylation sites (N-methyl/N-ethyl adjacent to an activating group) is 1. The van der Waals surface area contributed by atoms with Crippen LogP contribution in [0.1, 0.15) is 6.92 Å². The van der Waals surface area contributed by atoms with E-state index in [2.05, 4.69) is 5.32 Å². The zero-order chi connectivity index (χ0) is 16.0. The Morgan fingerprint density at radius 3 is 2.45 bits per heavy atom. The minimum absolute atomic E-state index is 0. The number of ether oxygens (including phenoxy) is 1. The number of hydrogen-bond donors (Lipinski definition) is 1. The minimum Gasteiger partial charge on any atom is -1.00 e. The van der Waals surface area contributed by atoms with Crippen molar-refractivity contribution < 1.29 is 35.8 Å². The van der Waals surface area contributed by atoms with Crippen LogP contribution in [-0.2, 0) is 4.79 Å². The van der Waals surface area contributed by atoms with Gasteiger partial charge in [0.1, 0.15) is 5.75 Å². The van der Waals surface area contributed by atoms with Gasteiger partial charge in [0, 0.05) is 25.8 Å². The topological polar surface area (TPSA) is 58.6 Å². The Kier molecular flexibility index (Phi) is 8.11. The summed E-state index contributed by atoms with van der Waals surface area (Å²) in [6.45, 7) is 3.29. The summed E-state index contributed by atoms with van der Waals surface area (Å²) < 4.78 is 5.76. The number of hydrogen-bond acceptors (Lipinski definition) is 3.